The van der Waals surface area contributed by atoms with Crippen molar-refractivity contribution < 1.29 is 4.39 Å². The zero-order valence-electron chi connectivity index (χ0n) is 14.1. The summed E-state index contributed by atoms with van der Waals surface area (Å²) in [6.07, 6.45) is 6.81. The number of alkyl halides is 1. The third kappa shape index (κ3) is 2.85. The van der Waals surface area contributed by atoms with Gasteiger partial charge in [0.15, 0.2) is 11.6 Å². The SMILES string of the molecule is Cn1cc(-c2ncc(C#N)c(N3C[C@H]4C[C@H]3CN4CCCF)n2)cn1. The second kappa shape index (κ2) is 6.41. The van der Waals surface area contributed by atoms with Crippen molar-refractivity contribution in [2.24, 2.45) is 7.05 Å². The number of nitriles is 1. The third-order valence-electron chi connectivity index (χ3n) is 5.06. The highest BCUT2D eigenvalue weighted by Gasteiger charge is 2.44. The molecule has 2 aromatic rings. The molecule has 0 amide bonds. The van der Waals surface area contributed by atoms with Crippen LogP contribution in [0.1, 0.15) is 18.4 Å². The molecule has 0 aliphatic carbocycles. The average molecular weight is 341 g/mol. The van der Waals surface area contributed by atoms with Crippen LogP contribution >= 0.6 is 0 Å². The van der Waals surface area contributed by atoms with Crippen molar-refractivity contribution in [1.29, 1.82) is 5.26 Å². The molecular weight excluding hydrogens is 321 g/mol. The van der Waals surface area contributed by atoms with Crippen molar-refractivity contribution in [3.05, 3.63) is 24.2 Å². The van der Waals surface area contributed by atoms with Gasteiger partial charge in [-0.1, -0.05) is 0 Å². The van der Waals surface area contributed by atoms with Gasteiger partial charge in [0.05, 0.1) is 24.6 Å². The molecule has 8 heteroatoms. The number of anilines is 1. The summed E-state index contributed by atoms with van der Waals surface area (Å²) in [5.74, 6) is 1.29. The average Bonchev–Trinajstić information content (AvgIpc) is 3.34. The molecule has 2 aliphatic rings. The monoisotopic (exact) mass is 341 g/mol. The second-order valence-electron chi connectivity index (χ2n) is 6.68. The lowest BCUT2D eigenvalue weighted by Crippen LogP contribution is -2.47. The number of rotatable bonds is 5. The molecule has 2 aliphatic heterocycles. The van der Waals surface area contributed by atoms with Crippen LogP contribution in [0.25, 0.3) is 11.4 Å². The molecule has 0 spiro atoms. The minimum atomic E-state index is -0.267. The summed E-state index contributed by atoms with van der Waals surface area (Å²) in [6.45, 7) is 2.27. The van der Waals surface area contributed by atoms with Gasteiger partial charge in [-0.15, -0.1) is 0 Å². The quantitative estimate of drug-likeness (QED) is 0.818. The van der Waals surface area contributed by atoms with E-state index in [1.54, 1.807) is 17.1 Å². The summed E-state index contributed by atoms with van der Waals surface area (Å²) >= 11 is 0. The predicted molar refractivity (Wildman–Crippen MR) is 90.7 cm³/mol. The van der Waals surface area contributed by atoms with Crippen LogP contribution in [0.5, 0.6) is 0 Å². The molecule has 0 saturated carbocycles. The molecule has 0 N–H and O–H groups in total. The van der Waals surface area contributed by atoms with E-state index in [1.807, 2.05) is 13.2 Å². The number of piperazine rings is 1. The maximum atomic E-state index is 12.4. The molecule has 0 aromatic carbocycles. The number of nitrogens with zero attached hydrogens (tertiary/aromatic N) is 7. The molecular formula is C17H20FN7. The Morgan fingerprint density at radius 1 is 1.32 bits per heavy atom. The van der Waals surface area contributed by atoms with Crippen molar-refractivity contribution in [3.63, 3.8) is 0 Å². The smallest absolute Gasteiger partial charge is 0.164 e. The summed E-state index contributed by atoms with van der Waals surface area (Å²) in [4.78, 5) is 13.6. The van der Waals surface area contributed by atoms with Crippen LogP contribution in [0.2, 0.25) is 0 Å². The molecule has 130 valence electrons. The van der Waals surface area contributed by atoms with Crippen LogP contribution in [0.15, 0.2) is 18.6 Å². The fourth-order valence-corrected chi connectivity index (χ4v) is 3.89. The molecule has 2 bridgehead atoms. The van der Waals surface area contributed by atoms with Crippen molar-refractivity contribution in [2.45, 2.75) is 24.9 Å². The molecule has 0 unspecified atom stereocenters. The summed E-state index contributed by atoms with van der Waals surface area (Å²) in [5, 5.41) is 13.6. The highest BCUT2D eigenvalue weighted by atomic mass is 19.1. The lowest BCUT2D eigenvalue weighted by molar-refractivity contribution is 0.227. The molecule has 4 heterocycles. The van der Waals surface area contributed by atoms with E-state index in [2.05, 4.69) is 30.9 Å². The van der Waals surface area contributed by atoms with Crippen LogP contribution in [0, 0.1) is 11.3 Å². The van der Waals surface area contributed by atoms with Gasteiger partial charge in [0.1, 0.15) is 11.6 Å². The predicted octanol–water partition coefficient (Wildman–Crippen LogP) is 1.37. The Morgan fingerprint density at radius 3 is 2.84 bits per heavy atom. The Morgan fingerprint density at radius 2 is 2.20 bits per heavy atom. The van der Waals surface area contributed by atoms with Crippen molar-refractivity contribution in [2.75, 3.05) is 31.2 Å². The normalized spacial score (nSPS) is 22.5. The third-order valence-corrected chi connectivity index (χ3v) is 5.06. The van der Waals surface area contributed by atoms with Gasteiger partial charge in [-0.2, -0.15) is 10.4 Å². The van der Waals surface area contributed by atoms with E-state index in [0.29, 0.717) is 35.7 Å². The highest BCUT2D eigenvalue weighted by molar-refractivity contribution is 5.61. The van der Waals surface area contributed by atoms with Gasteiger partial charge in [0.2, 0.25) is 0 Å². The number of halogens is 1. The summed E-state index contributed by atoms with van der Waals surface area (Å²) in [6, 6.07) is 2.95. The van der Waals surface area contributed by atoms with Crippen LogP contribution in [-0.4, -0.2) is 63.0 Å². The van der Waals surface area contributed by atoms with E-state index in [1.165, 1.54) is 0 Å². The minimum absolute atomic E-state index is 0.267. The highest BCUT2D eigenvalue weighted by Crippen LogP contribution is 2.35. The lowest BCUT2D eigenvalue weighted by atomic mass is 10.2. The minimum Gasteiger partial charge on any atom is -0.349 e. The standard InChI is InChI=1S/C17H20FN7/c1-23-9-13(8-21-23)16-20-7-12(6-19)17(22-16)25-11-14-5-15(25)10-24(14)4-2-3-18/h7-9,14-15H,2-5,10-11H2,1H3/t14-,15+/m1/s1. The molecule has 7 nitrogen and oxygen atoms in total. The van der Waals surface area contributed by atoms with Gasteiger partial charge in [-0.25, -0.2) is 9.97 Å². The molecule has 2 aromatic heterocycles. The molecule has 4 rings (SSSR count). The fraction of sp³-hybridized carbons (Fsp3) is 0.529. The summed E-state index contributed by atoms with van der Waals surface area (Å²) < 4.78 is 14.1. The van der Waals surface area contributed by atoms with Crippen LogP contribution in [0.3, 0.4) is 0 Å². The molecule has 2 saturated heterocycles. The fourth-order valence-electron chi connectivity index (χ4n) is 3.89. The number of fused-ring (bicyclic) bond motifs is 2. The number of likely N-dealkylation sites (tertiary alicyclic amines) is 1. The van der Waals surface area contributed by atoms with Crippen molar-refractivity contribution in [1.82, 2.24) is 24.6 Å². The van der Waals surface area contributed by atoms with Crippen molar-refractivity contribution >= 4 is 5.82 Å². The van der Waals surface area contributed by atoms with Gasteiger partial charge >= 0.3 is 0 Å². The van der Waals surface area contributed by atoms with Gasteiger partial charge in [-0.3, -0.25) is 14.0 Å². The topological polar surface area (TPSA) is 73.9 Å². The van der Waals surface area contributed by atoms with Crippen LogP contribution < -0.4 is 4.90 Å². The van der Waals surface area contributed by atoms with Crippen LogP contribution in [0.4, 0.5) is 10.2 Å². The summed E-state index contributed by atoms with van der Waals surface area (Å²) in [5.41, 5.74) is 1.33. The first-order valence-corrected chi connectivity index (χ1v) is 8.52. The number of hydrogen-bond acceptors (Lipinski definition) is 6. The maximum Gasteiger partial charge on any atom is 0.164 e. The second-order valence-corrected chi connectivity index (χ2v) is 6.68. The van der Waals surface area contributed by atoms with Crippen LogP contribution in [-0.2, 0) is 7.05 Å². The van der Waals surface area contributed by atoms with Gasteiger partial charge in [0, 0.05) is 45.0 Å². The Bertz CT molecular complexity index is 812. The Hall–Kier alpha value is -2.53. The first kappa shape index (κ1) is 16.0. The van der Waals surface area contributed by atoms with Gasteiger partial charge in [-0.05, 0) is 12.8 Å². The zero-order valence-corrected chi connectivity index (χ0v) is 14.1. The Balaban J connectivity index is 1.60. The number of aromatic nitrogens is 4. The molecule has 0 radical (unpaired) electrons. The molecule has 25 heavy (non-hydrogen) atoms. The molecule has 2 fully saturated rings. The van der Waals surface area contributed by atoms with E-state index in [-0.39, 0.29) is 6.67 Å². The Kier molecular flexibility index (Phi) is 4.09. The first-order valence-electron chi connectivity index (χ1n) is 8.52. The van der Waals surface area contributed by atoms with E-state index < -0.39 is 0 Å². The Labute approximate surface area is 145 Å². The maximum absolute atomic E-state index is 12.4. The van der Waals surface area contributed by atoms with Gasteiger partial charge in [0.25, 0.3) is 0 Å². The van der Waals surface area contributed by atoms with E-state index in [0.717, 1.165) is 31.6 Å². The first-order chi connectivity index (χ1) is 12.2. The van der Waals surface area contributed by atoms with E-state index in [4.69, 9.17) is 0 Å². The number of aryl methyl sites for hydroxylation is 1. The largest absolute Gasteiger partial charge is 0.349 e. The van der Waals surface area contributed by atoms with Crippen molar-refractivity contribution in [3.8, 4) is 17.5 Å². The van der Waals surface area contributed by atoms with E-state index >= 15 is 0 Å². The van der Waals surface area contributed by atoms with Gasteiger partial charge < -0.3 is 4.90 Å². The lowest BCUT2D eigenvalue weighted by Gasteiger charge is -2.35. The van der Waals surface area contributed by atoms with E-state index in [9.17, 15) is 9.65 Å². The summed E-state index contributed by atoms with van der Waals surface area (Å²) in [7, 11) is 1.85. The zero-order chi connectivity index (χ0) is 17.4. The molecule has 2 atom stereocenters. The number of hydrogen-bond donors (Lipinski definition) is 0.